The highest BCUT2D eigenvalue weighted by Crippen LogP contribution is 2.22. The van der Waals surface area contributed by atoms with E-state index in [1.54, 1.807) is 0 Å². The van der Waals surface area contributed by atoms with Crippen LogP contribution in [-0.2, 0) is 19.6 Å². The van der Waals surface area contributed by atoms with E-state index in [4.69, 9.17) is 4.74 Å². The van der Waals surface area contributed by atoms with Gasteiger partial charge in [0.1, 0.15) is 0 Å². The molecule has 2 heterocycles. The number of morpholine rings is 1. The minimum absolute atomic E-state index is 0. The summed E-state index contributed by atoms with van der Waals surface area (Å²) in [7, 11) is -4.48. The number of rotatable bonds is 6. The van der Waals surface area contributed by atoms with Gasteiger partial charge in [-0.05, 0) is 18.8 Å². The molecule has 11 heteroatoms. The van der Waals surface area contributed by atoms with Crippen LogP contribution in [0.2, 0.25) is 0 Å². The number of nitrogens with one attached hydrogen (secondary N) is 2. The summed E-state index contributed by atoms with van der Waals surface area (Å²) in [5.74, 6) is -3.35. The molecule has 2 N–H and O–H groups in total. The van der Waals surface area contributed by atoms with E-state index in [0.29, 0.717) is 39.0 Å². The maximum atomic E-state index is 12.5. The van der Waals surface area contributed by atoms with E-state index >= 15 is 0 Å². The zero-order valence-corrected chi connectivity index (χ0v) is 14.9. The SMILES string of the molecule is Cl.O=C(CC1COCCN1)NCC1CCN(S(=O)(=O)C(F)F)CC1. The van der Waals surface area contributed by atoms with E-state index < -0.39 is 15.8 Å². The molecule has 142 valence electrons. The van der Waals surface area contributed by atoms with Crippen molar-refractivity contribution >= 4 is 28.3 Å². The molecule has 0 aromatic rings. The fourth-order valence-corrected chi connectivity index (χ4v) is 3.73. The van der Waals surface area contributed by atoms with Crippen LogP contribution >= 0.6 is 12.4 Å². The lowest BCUT2D eigenvalue weighted by Crippen LogP contribution is -2.46. The van der Waals surface area contributed by atoms with Crippen molar-refractivity contribution < 1.29 is 26.7 Å². The molecular formula is C13H24ClF2N3O4S. The van der Waals surface area contributed by atoms with E-state index in [1.807, 2.05) is 0 Å². The van der Waals surface area contributed by atoms with Crippen LogP contribution in [-0.4, -0.2) is 69.8 Å². The van der Waals surface area contributed by atoms with Gasteiger partial charge in [0.25, 0.3) is 10.0 Å². The Morgan fingerprint density at radius 1 is 1.33 bits per heavy atom. The summed E-state index contributed by atoms with van der Waals surface area (Å²) in [5, 5.41) is 6.02. The standard InChI is InChI=1S/C13H23F2N3O4S.ClH/c14-13(15)23(20,21)18-4-1-10(2-5-18)8-17-12(19)7-11-9-22-6-3-16-11;/h10-11,13,16H,1-9H2,(H,17,19);1H. The van der Waals surface area contributed by atoms with Crippen LogP contribution in [0.3, 0.4) is 0 Å². The van der Waals surface area contributed by atoms with Crippen molar-refractivity contribution in [2.75, 3.05) is 39.4 Å². The number of sulfonamides is 1. The molecule has 1 unspecified atom stereocenters. The van der Waals surface area contributed by atoms with Crippen molar-refractivity contribution in [3.8, 4) is 0 Å². The summed E-state index contributed by atoms with van der Waals surface area (Å²) in [4.78, 5) is 11.9. The van der Waals surface area contributed by atoms with Gasteiger partial charge in [-0.25, -0.2) is 8.42 Å². The Bertz CT molecular complexity index is 495. The molecule has 0 aliphatic carbocycles. The normalized spacial score (nSPS) is 23.7. The number of hydrogen-bond acceptors (Lipinski definition) is 5. The fraction of sp³-hybridized carbons (Fsp3) is 0.923. The topological polar surface area (TPSA) is 87.7 Å². The Morgan fingerprint density at radius 3 is 2.54 bits per heavy atom. The number of carbonyl (C=O) groups excluding carboxylic acids is 1. The van der Waals surface area contributed by atoms with Gasteiger partial charge in [0.15, 0.2) is 0 Å². The zero-order chi connectivity index (χ0) is 16.9. The fourth-order valence-electron chi connectivity index (χ4n) is 2.79. The molecule has 0 radical (unpaired) electrons. The van der Waals surface area contributed by atoms with Crippen LogP contribution in [0.1, 0.15) is 19.3 Å². The second-order valence-electron chi connectivity index (χ2n) is 5.88. The van der Waals surface area contributed by atoms with Gasteiger partial charge >= 0.3 is 5.76 Å². The quantitative estimate of drug-likeness (QED) is 0.673. The van der Waals surface area contributed by atoms with Crippen molar-refractivity contribution in [1.82, 2.24) is 14.9 Å². The lowest BCUT2D eigenvalue weighted by atomic mass is 9.98. The molecule has 7 nitrogen and oxygen atoms in total. The van der Waals surface area contributed by atoms with Gasteiger partial charge in [-0.1, -0.05) is 0 Å². The highest BCUT2D eigenvalue weighted by atomic mass is 35.5. The first kappa shape index (κ1) is 21.5. The highest BCUT2D eigenvalue weighted by molar-refractivity contribution is 7.89. The average Bonchev–Trinajstić information content (AvgIpc) is 2.54. The van der Waals surface area contributed by atoms with Crippen LogP contribution in [0.5, 0.6) is 0 Å². The molecule has 2 saturated heterocycles. The molecule has 2 aliphatic rings. The summed E-state index contributed by atoms with van der Waals surface area (Å²) in [6.45, 7) is 2.48. The number of hydrogen-bond donors (Lipinski definition) is 2. The van der Waals surface area contributed by atoms with Crippen LogP contribution in [0.15, 0.2) is 0 Å². The summed E-state index contributed by atoms with van der Waals surface area (Å²) < 4.78 is 53.8. The molecular weight excluding hydrogens is 368 g/mol. The van der Waals surface area contributed by atoms with Crippen molar-refractivity contribution in [3.63, 3.8) is 0 Å². The lowest BCUT2D eigenvalue weighted by molar-refractivity contribution is -0.122. The number of amides is 1. The Morgan fingerprint density at radius 2 is 2.00 bits per heavy atom. The van der Waals surface area contributed by atoms with Gasteiger partial charge in [-0.3, -0.25) is 4.79 Å². The molecule has 0 spiro atoms. The molecule has 24 heavy (non-hydrogen) atoms. The first-order valence-electron chi connectivity index (χ1n) is 7.74. The van der Waals surface area contributed by atoms with E-state index in [9.17, 15) is 22.0 Å². The van der Waals surface area contributed by atoms with E-state index in [1.165, 1.54) is 0 Å². The summed E-state index contributed by atoms with van der Waals surface area (Å²) in [6, 6.07) is 0.0155. The number of nitrogens with zero attached hydrogens (tertiary/aromatic N) is 1. The third kappa shape index (κ3) is 6.07. The van der Waals surface area contributed by atoms with Crippen molar-refractivity contribution in [1.29, 1.82) is 0 Å². The van der Waals surface area contributed by atoms with Gasteiger partial charge in [-0.15, -0.1) is 12.4 Å². The Hall–Kier alpha value is -0.550. The van der Waals surface area contributed by atoms with Crippen molar-refractivity contribution in [3.05, 3.63) is 0 Å². The molecule has 0 bridgehead atoms. The zero-order valence-electron chi connectivity index (χ0n) is 13.2. The monoisotopic (exact) mass is 391 g/mol. The number of halogens is 3. The smallest absolute Gasteiger partial charge is 0.350 e. The predicted octanol–water partition coefficient (Wildman–Crippen LogP) is 0.167. The summed E-state index contributed by atoms with van der Waals surface area (Å²) in [6.07, 6.45) is 1.27. The second-order valence-corrected chi connectivity index (χ2v) is 7.78. The van der Waals surface area contributed by atoms with Crippen LogP contribution < -0.4 is 10.6 Å². The summed E-state index contributed by atoms with van der Waals surface area (Å²) >= 11 is 0. The minimum Gasteiger partial charge on any atom is -0.378 e. The Balaban J connectivity index is 0.00000288. The Labute approximate surface area is 146 Å². The van der Waals surface area contributed by atoms with E-state index in [0.717, 1.165) is 10.8 Å². The third-order valence-corrected chi connectivity index (χ3v) is 5.71. The van der Waals surface area contributed by atoms with Crippen LogP contribution in [0.25, 0.3) is 0 Å². The van der Waals surface area contributed by atoms with Crippen molar-refractivity contribution in [2.45, 2.75) is 31.1 Å². The molecule has 2 fully saturated rings. The average molecular weight is 392 g/mol. The minimum atomic E-state index is -4.48. The largest absolute Gasteiger partial charge is 0.378 e. The molecule has 2 aliphatic heterocycles. The number of ether oxygens (including phenoxy) is 1. The first-order chi connectivity index (χ1) is 10.9. The summed E-state index contributed by atoms with van der Waals surface area (Å²) in [5.41, 5.74) is 0. The number of piperidine rings is 1. The predicted molar refractivity (Wildman–Crippen MR) is 86.7 cm³/mol. The van der Waals surface area contributed by atoms with Crippen LogP contribution in [0.4, 0.5) is 8.78 Å². The van der Waals surface area contributed by atoms with E-state index in [2.05, 4.69) is 10.6 Å². The van der Waals surface area contributed by atoms with Gasteiger partial charge < -0.3 is 15.4 Å². The Kier molecular flexibility index (Phi) is 8.78. The molecule has 1 atom stereocenters. The molecule has 1 amide bonds. The number of alkyl halides is 2. The maximum Gasteiger partial charge on any atom is 0.350 e. The second kappa shape index (κ2) is 9.81. The molecule has 0 saturated carbocycles. The number of carbonyl (C=O) groups is 1. The van der Waals surface area contributed by atoms with Gasteiger partial charge in [0.05, 0.1) is 13.2 Å². The maximum absolute atomic E-state index is 12.5. The highest BCUT2D eigenvalue weighted by Gasteiger charge is 2.34. The van der Waals surface area contributed by atoms with Crippen LogP contribution in [0, 0.1) is 5.92 Å². The van der Waals surface area contributed by atoms with Gasteiger partial charge in [0.2, 0.25) is 5.91 Å². The third-order valence-electron chi connectivity index (χ3n) is 4.18. The lowest BCUT2D eigenvalue weighted by Gasteiger charge is -2.31. The van der Waals surface area contributed by atoms with E-state index in [-0.39, 0.29) is 43.4 Å². The van der Waals surface area contributed by atoms with Crippen molar-refractivity contribution in [2.24, 2.45) is 5.92 Å². The van der Waals surface area contributed by atoms with Gasteiger partial charge in [-0.2, -0.15) is 13.1 Å². The molecule has 0 aromatic carbocycles. The molecule has 0 aromatic heterocycles. The van der Waals surface area contributed by atoms with Gasteiger partial charge in [0, 0.05) is 38.6 Å². The molecule has 2 rings (SSSR count). The first-order valence-corrected chi connectivity index (χ1v) is 9.25.